The Morgan fingerprint density at radius 2 is 1.85 bits per heavy atom. The van der Waals surface area contributed by atoms with Gasteiger partial charge in [0.05, 0.1) is 31.4 Å². The summed E-state index contributed by atoms with van der Waals surface area (Å²) in [5.74, 6) is -0.537. The molecule has 1 aromatic carbocycles. The molecule has 0 aliphatic heterocycles. The topological polar surface area (TPSA) is 76.1 Å². The van der Waals surface area contributed by atoms with Gasteiger partial charge in [0.2, 0.25) is 5.91 Å². The zero-order chi connectivity index (χ0) is 15.3. The molecule has 0 spiro atoms. The van der Waals surface area contributed by atoms with Crippen LogP contribution in [0.1, 0.15) is 13.3 Å². The van der Waals surface area contributed by atoms with Gasteiger partial charge in [0.25, 0.3) is 0 Å². The van der Waals surface area contributed by atoms with Crippen LogP contribution in [0.15, 0.2) is 12.1 Å². The second kappa shape index (κ2) is 7.00. The number of anilines is 1. The van der Waals surface area contributed by atoms with Crippen LogP contribution in [0.3, 0.4) is 0 Å². The van der Waals surface area contributed by atoms with E-state index >= 15 is 0 Å². The van der Waals surface area contributed by atoms with Crippen molar-refractivity contribution in [1.82, 2.24) is 0 Å². The number of nitrogens with zero attached hydrogens (tertiary/aromatic N) is 1. The predicted octanol–water partition coefficient (Wildman–Crippen LogP) is 2.18. The van der Waals surface area contributed by atoms with Crippen molar-refractivity contribution in [2.24, 2.45) is 0 Å². The first-order valence-corrected chi connectivity index (χ1v) is 6.20. The Bertz CT molecular complexity index is 518. The number of aliphatic carboxylic acids is 1. The van der Waals surface area contributed by atoms with E-state index in [2.05, 4.69) is 0 Å². The molecule has 7 heteroatoms. The quantitative estimate of drug-likeness (QED) is 0.871. The first-order valence-electron chi connectivity index (χ1n) is 5.82. The normalized spacial score (nSPS) is 10.0. The standard InChI is InChI=1S/C13H16ClNO5/c1-8(16)15(5-4-13(17)18)10-7-11(19-2)9(14)6-12(10)20-3/h6-7H,4-5H2,1-3H3,(H,17,18). The molecule has 6 nitrogen and oxygen atoms in total. The molecule has 0 saturated heterocycles. The lowest BCUT2D eigenvalue weighted by atomic mass is 10.2. The molecule has 0 bridgehead atoms. The van der Waals surface area contributed by atoms with Crippen molar-refractivity contribution in [3.8, 4) is 11.5 Å². The van der Waals surface area contributed by atoms with Crippen LogP contribution in [-0.4, -0.2) is 37.7 Å². The van der Waals surface area contributed by atoms with E-state index < -0.39 is 5.97 Å². The second-order valence-corrected chi connectivity index (χ2v) is 4.38. The monoisotopic (exact) mass is 301 g/mol. The largest absolute Gasteiger partial charge is 0.495 e. The van der Waals surface area contributed by atoms with E-state index in [1.54, 1.807) is 6.07 Å². The van der Waals surface area contributed by atoms with E-state index in [0.717, 1.165) is 0 Å². The minimum atomic E-state index is -0.990. The highest BCUT2D eigenvalue weighted by atomic mass is 35.5. The van der Waals surface area contributed by atoms with Crippen LogP contribution < -0.4 is 14.4 Å². The summed E-state index contributed by atoms with van der Waals surface area (Å²) >= 11 is 5.99. The predicted molar refractivity (Wildman–Crippen MR) is 74.8 cm³/mol. The maximum atomic E-state index is 11.7. The van der Waals surface area contributed by atoms with Crippen molar-refractivity contribution in [3.63, 3.8) is 0 Å². The van der Waals surface area contributed by atoms with Crippen molar-refractivity contribution in [3.05, 3.63) is 17.2 Å². The lowest BCUT2D eigenvalue weighted by Crippen LogP contribution is -2.31. The molecule has 0 aliphatic rings. The smallest absolute Gasteiger partial charge is 0.305 e. The molecule has 1 rings (SSSR count). The van der Waals surface area contributed by atoms with Crippen LogP contribution in [0, 0.1) is 0 Å². The highest BCUT2D eigenvalue weighted by molar-refractivity contribution is 6.32. The number of rotatable bonds is 6. The van der Waals surface area contributed by atoms with Gasteiger partial charge in [-0.05, 0) is 0 Å². The van der Waals surface area contributed by atoms with Crippen molar-refractivity contribution in [2.75, 3.05) is 25.7 Å². The Hall–Kier alpha value is -1.95. The second-order valence-electron chi connectivity index (χ2n) is 3.97. The van der Waals surface area contributed by atoms with Gasteiger partial charge in [0.15, 0.2) is 0 Å². The number of carboxylic acids is 1. The van der Waals surface area contributed by atoms with E-state index in [9.17, 15) is 9.59 Å². The number of carboxylic acid groups (broad SMARTS) is 1. The third-order valence-electron chi connectivity index (χ3n) is 2.67. The molecule has 0 atom stereocenters. The van der Waals surface area contributed by atoms with Crippen LogP contribution in [-0.2, 0) is 9.59 Å². The Balaban J connectivity index is 3.23. The van der Waals surface area contributed by atoms with E-state index in [4.69, 9.17) is 26.2 Å². The Morgan fingerprint density at radius 3 is 2.30 bits per heavy atom. The van der Waals surface area contributed by atoms with Gasteiger partial charge in [-0.25, -0.2) is 0 Å². The molecule has 0 fully saturated rings. The van der Waals surface area contributed by atoms with Gasteiger partial charge in [-0.1, -0.05) is 11.6 Å². The molecule has 0 heterocycles. The van der Waals surface area contributed by atoms with Crippen LogP contribution in [0.4, 0.5) is 5.69 Å². The van der Waals surface area contributed by atoms with Gasteiger partial charge in [0.1, 0.15) is 11.5 Å². The highest BCUT2D eigenvalue weighted by Crippen LogP contribution is 2.38. The van der Waals surface area contributed by atoms with Gasteiger partial charge in [0, 0.05) is 25.6 Å². The van der Waals surface area contributed by atoms with E-state index in [1.165, 1.54) is 32.1 Å². The number of benzene rings is 1. The minimum absolute atomic E-state index is 0.0335. The zero-order valence-electron chi connectivity index (χ0n) is 11.5. The van der Waals surface area contributed by atoms with Gasteiger partial charge >= 0.3 is 5.97 Å². The average Bonchev–Trinajstić information content (AvgIpc) is 2.39. The molecule has 1 amide bonds. The third kappa shape index (κ3) is 3.77. The van der Waals surface area contributed by atoms with Crippen LogP contribution in [0.2, 0.25) is 5.02 Å². The fraction of sp³-hybridized carbons (Fsp3) is 0.385. The lowest BCUT2D eigenvalue weighted by Gasteiger charge is -2.23. The summed E-state index contributed by atoms with van der Waals surface area (Å²) in [4.78, 5) is 23.7. The van der Waals surface area contributed by atoms with Gasteiger partial charge < -0.3 is 19.5 Å². The average molecular weight is 302 g/mol. The molecule has 1 aromatic rings. The first-order chi connectivity index (χ1) is 9.40. The summed E-state index contributed by atoms with van der Waals surface area (Å²) in [5.41, 5.74) is 0.419. The van der Waals surface area contributed by atoms with E-state index in [-0.39, 0.29) is 18.9 Å². The number of hydrogen-bond donors (Lipinski definition) is 1. The van der Waals surface area contributed by atoms with Gasteiger partial charge in [-0.2, -0.15) is 0 Å². The van der Waals surface area contributed by atoms with Crippen LogP contribution >= 0.6 is 11.6 Å². The first kappa shape index (κ1) is 16.1. The van der Waals surface area contributed by atoms with Crippen molar-refractivity contribution in [1.29, 1.82) is 0 Å². The SMILES string of the molecule is COc1cc(N(CCC(=O)O)C(C)=O)c(OC)cc1Cl. The summed E-state index contributed by atoms with van der Waals surface area (Å²) in [6.07, 6.45) is -0.173. The molecule has 0 aliphatic carbocycles. The number of amides is 1. The highest BCUT2D eigenvalue weighted by Gasteiger charge is 2.20. The van der Waals surface area contributed by atoms with E-state index in [0.29, 0.717) is 22.2 Å². The molecular weight excluding hydrogens is 286 g/mol. The number of methoxy groups -OCH3 is 2. The van der Waals surface area contributed by atoms with E-state index in [1.807, 2.05) is 0 Å². The summed E-state index contributed by atoms with van der Waals surface area (Å²) < 4.78 is 10.3. The van der Waals surface area contributed by atoms with Crippen LogP contribution in [0.5, 0.6) is 11.5 Å². The van der Waals surface area contributed by atoms with Gasteiger partial charge in [-0.15, -0.1) is 0 Å². The number of ether oxygens (including phenoxy) is 2. The van der Waals surface area contributed by atoms with Crippen LogP contribution in [0.25, 0.3) is 0 Å². The lowest BCUT2D eigenvalue weighted by molar-refractivity contribution is -0.136. The van der Waals surface area contributed by atoms with Crippen molar-refractivity contribution >= 4 is 29.2 Å². The molecular formula is C13H16ClNO5. The van der Waals surface area contributed by atoms with Crippen molar-refractivity contribution in [2.45, 2.75) is 13.3 Å². The molecule has 0 aromatic heterocycles. The molecule has 0 saturated carbocycles. The molecule has 0 unspecified atom stereocenters. The summed E-state index contributed by atoms with van der Waals surface area (Å²) in [6.45, 7) is 1.38. The molecule has 20 heavy (non-hydrogen) atoms. The minimum Gasteiger partial charge on any atom is -0.495 e. The molecule has 1 N–H and O–H groups in total. The summed E-state index contributed by atoms with van der Waals surface area (Å²) in [5, 5.41) is 9.09. The van der Waals surface area contributed by atoms with Crippen molar-refractivity contribution < 1.29 is 24.2 Å². The maximum absolute atomic E-state index is 11.7. The third-order valence-corrected chi connectivity index (χ3v) is 2.97. The number of hydrogen-bond acceptors (Lipinski definition) is 4. The summed E-state index contributed by atoms with van der Waals surface area (Å²) in [7, 11) is 2.89. The zero-order valence-corrected chi connectivity index (χ0v) is 12.2. The fourth-order valence-electron chi connectivity index (χ4n) is 1.71. The van der Waals surface area contributed by atoms with Gasteiger partial charge in [-0.3, -0.25) is 9.59 Å². The molecule has 110 valence electrons. The number of carbonyl (C=O) groups is 2. The molecule has 0 radical (unpaired) electrons. The maximum Gasteiger partial charge on any atom is 0.305 e. The Kier molecular flexibility index (Phi) is 5.64. The number of halogens is 1. The fourth-order valence-corrected chi connectivity index (χ4v) is 1.94. The number of carbonyl (C=O) groups excluding carboxylic acids is 1. The Labute approximate surface area is 121 Å². The Morgan fingerprint density at radius 1 is 1.25 bits per heavy atom. The summed E-state index contributed by atoms with van der Waals surface area (Å²) in [6, 6.07) is 3.07.